The van der Waals surface area contributed by atoms with Gasteiger partial charge in [0, 0.05) is 36.8 Å². The van der Waals surface area contributed by atoms with Gasteiger partial charge >= 0.3 is 0 Å². The van der Waals surface area contributed by atoms with Crippen molar-refractivity contribution in [2.75, 3.05) is 11.9 Å². The number of para-hydroxylation sites is 1. The third-order valence-electron chi connectivity index (χ3n) is 6.66. The van der Waals surface area contributed by atoms with Crippen LogP contribution >= 0.6 is 0 Å². The van der Waals surface area contributed by atoms with Crippen LogP contribution in [0.1, 0.15) is 61.4 Å². The Balaban J connectivity index is 1.54. The van der Waals surface area contributed by atoms with Gasteiger partial charge in [-0.2, -0.15) is 0 Å². The number of rotatable bonds is 10. The first-order valence-electron chi connectivity index (χ1n) is 12.8. The quantitative estimate of drug-likeness (QED) is 0.230. The van der Waals surface area contributed by atoms with Crippen molar-refractivity contribution < 1.29 is 18.8 Å². The second-order valence-electron chi connectivity index (χ2n) is 9.27. The summed E-state index contributed by atoms with van der Waals surface area (Å²) in [6, 6.07) is 18.3. The van der Waals surface area contributed by atoms with E-state index < -0.39 is 10.7 Å². The van der Waals surface area contributed by atoms with E-state index in [2.05, 4.69) is 5.32 Å². The lowest BCUT2D eigenvalue weighted by Crippen LogP contribution is -2.42. The number of nitro benzene ring substituents is 1. The minimum atomic E-state index is -0.601. The molecule has 0 aromatic heterocycles. The van der Waals surface area contributed by atoms with Crippen LogP contribution in [0, 0.1) is 15.9 Å². The number of nitrogens with one attached hydrogen (secondary N) is 1. The molecule has 7 nitrogen and oxygen atoms in total. The van der Waals surface area contributed by atoms with Crippen LogP contribution < -0.4 is 10.1 Å². The first-order chi connectivity index (χ1) is 18.0. The fraction of sp³-hybridized carbons (Fsp3) is 0.345. The molecule has 1 aliphatic carbocycles. The summed E-state index contributed by atoms with van der Waals surface area (Å²) in [4.78, 5) is 26.3. The zero-order valence-electron chi connectivity index (χ0n) is 21.0. The standard InChI is InChI=1S/C29H32FN3O4/c1-2-18-32(22-11-5-3-6-12-22)29(34)25-15-9-10-21(28(25)30)20-31-26-19-24(16-17-27(26)33(35)36)37-23-13-7-4-8-14-23/h4,7-10,13-17,19,22,31H,2-3,5-6,11-12,18,20H2,1H3. The Morgan fingerprint density at radius 2 is 1.81 bits per heavy atom. The minimum Gasteiger partial charge on any atom is -0.457 e. The molecule has 4 rings (SSSR count). The summed E-state index contributed by atoms with van der Waals surface area (Å²) in [5.74, 6) is 0.106. The van der Waals surface area contributed by atoms with Gasteiger partial charge in [0.05, 0.1) is 10.5 Å². The lowest BCUT2D eigenvalue weighted by atomic mass is 9.93. The Morgan fingerprint density at radius 1 is 1.05 bits per heavy atom. The van der Waals surface area contributed by atoms with Crippen molar-refractivity contribution >= 4 is 17.3 Å². The van der Waals surface area contributed by atoms with E-state index in [1.165, 1.54) is 30.7 Å². The maximum atomic E-state index is 15.6. The largest absolute Gasteiger partial charge is 0.457 e. The first kappa shape index (κ1) is 26.1. The van der Waals surface area contributed by atoms with E-state index in [0.29, 0.717) is 18.0 Å². The van der Waals surface area contributed by atoms with Gasteiger partial charge in [-0.05, 0) is 43.5 Å². The maximum absolute atomic E-state index is 15.6. The highest BCUT2D eigenvalue weighted by Crippen LogP contribution is 2.32. The van der Waals surface area contributed by atoms with Gasteiger partial charge in [0.25, 0.3) is 11.6 Å². The van der Waals surface area contributed by atoms with Crippen LogP contribution in [-0.4, -0.2) is 28.3 Å². The van der Waals surface area contributed by atoms with Crippen LogP contribution in [0.25, 0.3) is 0 Å². The van der Waals surface area contributed by atoms with Crippen molar-refractivity contribution in [1.29, 1.82) is 0 Å². The molecule has 0 spiro atoms. The number of benzene rings is 3. The molecule has 1 amide bonds. The number of nitro groups is 1. The van der Waals surface area contributed by atoms with E-state index in [1.54, 1.807) is 24.3 Å². The zero-order chi connectivity index (χ0) is 26.2. The summed E-state index contributed by atoms with van der Waals surface area (Å²) < 4.78 is 21.4. The number of halogens is 1. The number of hydrogen-bond acceptors (Lipinski definition) is 5. The van der Waals surface area contributed by atoms with Crippen LogP contribution in [0.15, 0.2) is 66.7 Å². The molecule has 37 heavy (non-hydrogen) atoms. The van der Waals surface area contributed by atoms with Gasteiger partial charge in [0.1, 0.15) is 23.0 Å². The number of amides is 1. The molecule has 8 heteroatoms. The van der Waals surface area contributed by atoms with Crippen molar-refractivity contribution in [2.45, 2.75) is 58.0 Å². The number of hydrogen-bond donors (Lipinski definition) is 1. The molecule has 0 radical (unpaired) electrons. The minimum absolute atomic E-state index is 0.0280. The highest BCUT2D eigenvalue weighted by atomic mass is 19.1. The molecule has 1 aliphatic rings. The van der Waals surface area contributed by atoms with E-state index in [4.69, 9.17) is 4.74 Å². The molecular formula is C29H32FN3O4. The SMILES string of the molecule is CCCN(C(=O)c1cccc(CNc2cc(Oc3ccccc3)ccc2[N+](=O)[O-])c1F)C1CCCCC1. The maximum Gasteiger partial charge on any atom is 0.292 e. The van der Waals surface area contributed by atoms with Crippen LogP contribution in [0.2, 0.25) is 0 Å². The molecule has 0 bridgehead atoms. The Kier molecular flexibility index (Phi) is 8.72. The predicted octanol–water partition coefficient (Wildman–Crippen LogP) is 7.32. The van der Waals surface area contributed by atoms with Gasteiger partial charge < -0.3 is 15.0 Å². The average molecular weight is 506 g/mol. The number of carbonyl (C=O) groups is 1. The zero-order valence-corrected chi connectivity index (χ0v) is 21.0. The molecule has 1 N–H and O–H groups in total. The van der Waals surface area contributed by atoms with Crippen molar-refractivity contribution in [3.63, 3.8) is 0 Å². The molecule has 0 saturated heterocycles. The van der Waals surface area contributed by atoms with Gasteiger partial charge in [0.15, 0.2) is 0 Å². The molecule has 0 unspecified atom stereocenters. The van der Waals surface area contributed by atoms with Crippen molar-refractivity contribution in [1.82, 2.24) is 4.90 Å². The highest BCUT2D eigenvalue weighted by molar-refractivity contribution is 5.95. The lowest BCUT2D eigenvalue weighted by molar-refractivity contribution is -0.384. The molecule has 0 atom stereocenters. The van der Waals surface area contributed by atoms with E-state index >= 15 is 4.39 Å². The molecule has 3 aromatic carbocycles. The second kappa shape index (κ2) is 12.3. The summed E-state index contributed by atoms with van der Waals surface area (Å²) >= 11 is 0. The van der Waals surface area contributed by atoms with E-state index in [-0.39, 0.29) is 41.0 Å². The summed E-state index contributed by atoms with van der Waals surface area (Å²) in [5, 5.41) is 14.6. The highest BCUT2D eigenvalue weighted by Gasteiger charge is 2.28. The Morgan fingerprint density at radius 3 is 2.51 bits per heavy atom. The molecule has 3 aromatic rings. The topological polar surface area (TPSA) is 84.7 Å². The third-order valence-corrected chi connectivity index (χ3v) is 6.66. The lowest BCUT2D eigenvalue weighted by Gasteiger charge is -2.34. The number of anilines is 1. The van der Waals surface area contributed by atoms with Gasteiger partial charge in [-0.15, -0.1) is 0 Å². The monoisotopic (exact) mass is 505 g/mol. The van der Waals surface area contributed by atoms with Gasteiger partial charge in [-0.25, -0.2) is 4.39 Å². The number of carbonyl (C=O) groups excluding carboxylic acids is 1. The Bertz CT molecular complexity index is 1230. The smallest absolute Gasteiger partial charge is 0.292 e. The van der Waals surface area contributed by atoms with Crippen LogP contribution in [0.3, 0.4) is 0 Å². The average Bonchev–Trinajstić information content (AvgIpc) is 2.92. The normalized spacial score (nSPS) is 13.7. The summed E-state index contributed by atoms with van der Waals surface area (Å²) in [6.07, 6.45) is 6.02. The molecule has 0 aliphatic heterocycles. The van der Waals surface area contributed by atoms with Crippen LogP contribution in [0.4, 0.5) is 15.8 Å². The Hall–Kier alpha value is -3.94. The number of nitrogens with zero attached hydrogens (tertiary/aromatic N) is 2. The van der Waals surface area contributed by atoms with E-state index in [1.807, 2.05) is 30.0 Å². The summed E-state index contributed by atoms with van der Waals surface area (Å²) in [5.41, 5.74) is 0.340. The van der Waals surface area contributed by atoms with Crippen molar-refractivity contribution in [2.24, 2.45) is 0 Å². The van der Waals surface area contributed by atoms with Gasteiger partial charge in [-0.1, -0.05) is 56.5 Å². The molecule has 1 fully saturated rings. The molecular weight excluding hydrogens is 473 g/mol. The van der Waals surface area contributed by atoms with Gasteiger partial charge in [0.2, 0.25) is 0 Å². The van der Waals surface area contributed by atoms with Crippen LogP contribution in [-0.2, 0) is 6.54 Å². The van der Waals surface area contributed by atoms with Gasteiger partial charge in [-0.3, -0.25) is 14.9 Å². The molecule has 194 valence electrons. The van der Waals surface area contributed by atoms with E-state index in [0.717, 1.165) is 32.1 Å². The van der Waals surface area contributed by atoms with Crippen molar-refractivity contribution in [3.05, 3.63) is 93.8 Å². The van der Waals surface area contributed by atoms with Crippen LogP contribution in [0.5, 0.6) is 11.5 Å². The third kappa shape index (κ3) is 6.44. The Labute approximate surface area is 216 Å². The number of ether oxygens (including phenoxy) is 1. The molecule has 1 saturated carbocycles. The first-order valence-corrected chi connectivity index (χ1v) is 12.8. The predicted molar refractivity (Wildman–Crippen MR) is 142 cm³/mol. The molecule has 0 heterocycles. The van der Waals surface area contributed by atoms with Crippen molar-refractivity contribution in [3.8, 4) is 11.5 Å². The summed E-state index contributed by atoms with van der Waals surface area (Å²) in [7, 11) is 0. The van der Waals surface area contributed by atoms with E-state index in [9.17, 15) is 14.9 Å². The fourth-order valence-corrected chi connectivity index (χ4v) is 4.81. The second-order valence-corrected chi connectivity index (χ2v) is 9.27. The summed E-state index contributed by atoms with van der Waals surface area (Å²) in [6.45, 7) is 2.58. The fourth-order valence-electron chi connectivity index (χ4n) is 4.81.